The molecule has 0 aromatic carbocycles. The summed E-state index contributed by atoms with van der Waals surface area (Å²) in [6.07, 6.45) is 8.39. The van der Waals surface area contributed by atoms with Crippen LogP contribution < -0.4 is 27.4 Å². The van der Waals surface area contributed by atoms with Crippen molar-refractivity contribution in [2.75, 3.05) is 45.8 Å². The number of likely N-dealkylation sites (tertiary alicyclic amines) is 3. The quantitative estimate of drug-likeness (QED) is 0.0517. The molecule has 1 saturated carbocycles. The molecule has 0 aromatic heterocycles. The van der Waals surface area contributed by atoms with Crippen molar-refractivity contribution in [1.29, 1.82) is 0 Å². The van der Waals surface area contributed by atoms with Crippen LogP contribution in [0, 0.1) is 11.8 Å². The Bertz CT molecular complexity index is 1430. The molecule has 7 N–H and O–H groups in total. The summed E-state index contributed by atoms with van der Waals surface area (Å²) in [7, 11) is 0. The molecule has 0 unspecified atom stereocenters. The third kappa shape index (κ3) is 10.3. The normalized spacial score (nSPS) is 25.0. The van der Waals surface area contributed by atoms with Gasteiger partial charge in [0, 0.05) is 32.7 Å². The van der Waals surface area contributed by atoms with E-state index in [1.807, 2.05) is 13.8 Å². The van der Waals surface area contributed by atoms with Crippen LogP contribution in [0.2, 0.25) is 0 Å². The summed E-state index contributed by atoms with van der Waals surface area (Å²) in [6.45, 7) is 6.12. The predicted octanol–water partition coefficient (Wildman–Crippen LogP) is -1.17. The largest absolute Gasteiger partial charge is 0.370 e. The van der Waals surface area contributed by atoms with Gasteiger partial charge in [0.25, 0.3) is 0 Å². The molecule has 1 aliphatic carbocycles. The molecular weight excluding hydrogens is 696 g/mol. The van der Waals surface area contributed by atoms with Crippen molar-refractivity contribution in [3.8, 4) is 0 Å². The fraction of sp³-hybridized carbons (Fsp3) is 0.784. The monoisotopic (exact) mass is 756 g/mol. The number of nitrogens with one attached hydrogen (secondary N) is 3. The second-order valence-electron chi connectivity index (χ2n) is 15.9. The number of hydrogen-bond donors (Lipinski definition) is 5. The first-order valence-electron chi connectivity index (χ1n) is 19.9. The smallest absolute Gasteiger partial charge is 0.246 e. The molecule has 4 heterocycles. The van der Waals surface area contributed by atoms with Gasteiger partial charge in [-0.3, -0.25) is 33.8 Å². The van der Waals surface area contributed by atoms with E-state index in [2.05, 4.69) is 20.9 Å². The lowest BCUT2D eigenvalue weighted by Gasteiger charge is -2.34. The van der Waals surface area contributed by atoms with Crippen LogP contribution in [0.25, 0.3) is 0 Å². The van der Waals surface area contributed by atoms with Gasteiger partial charge in [0.1, 0.15) is 30.5 Å². The number of aliphatic imine (C=N–C) groups is 1. The minimum atomic E-state index is -0.940. The Morgan fingerprint density at radius 3 is 2.02 bits per heavy atom. The summed E-state index contributed by atoms with van der Waals surface area (Å²) in [5, 5.41) is 8.93. The van der Waals surface area contributed by atoms with Gasteiger partial charge in [0.15, 0.2) is 5.96 Å². The Morgan fingerprint density at radius 2 is 1.43 bits per heavy atom. The van der Waals surface area contributed by atoms with Gasteiger partial charge in [0.05, 0.1) is 18.6 Å². The Hall–Kier alpha value is -4.28. The van der Waals surface area contributed by atoms with E-state index >= 15 is 0 Å². The van der Waals surface area contributed by atoms with Gasteiger partial charge >= 0.3 is 0 Å². The number of hydrogen-bond acceptors (Lipinski definition) is 9. The van der Waals surface area contributed by atoms with Crippen molar-refractivity contribution >= 4 is 47.7 Å². The second-order valence-corrected chi connectivity index (χ2v) is 15.9. The van der Waals surface area contributed by atoms with Gasteiger partial charge in [-0.2, -0.15) is 0 Å². The van der Waals surface area contributed by atoms with Crippen molar-refractivity contribution in [2.24, 2.45) is 28.3 Å². The molecule has 4 saturated heterocycles. The Labute approximate surface area is 317 Å². The van der Waals surface area contributed by atoms with Crippen LogP contribution >= 0.6 is 0 Å². The van der Waals surface area contributed by atoms with Crippen LogP contribution in [-0.4, -0.2) is 149 Å². The van der Waals surface area contributed by atoms with Gasteiger partial charge in [-0.15, -0.1) is 0 Å². The first-order valence-corrected chi connectivity index (χ1v) is 19.9. The standard InChI is InChI=1S/C37H60N10O7/c1-23(2)31(43-33(51)28-11-6-18-46(28)35(53)29-12-7-19-47(29)34(52)26-9-4-15-40-26)36(54)44(20-24-13-14-24)21-30(49)45-17-5-10-27(45)32(50)42-25(22-48)8-3-16-41-37(38)39/h22-29,31,40H,3-21H2,1-2H3,(H,42,50)(H,43,51)(H4,38,39,41)/t25-,26-,27-,28-,29-,31-/m0/s1. The van der Waals surface area contributed by atoms with E-state index < -0.39 is 42.0 Å². The fourth-order valence-electron chi connectivity index (χ4n) is 8.25. The Kier molecular flexibility index (Phi) is 14.3. The van der Waals surface area contributed by atoms with Gasteiger partial charge in [0.2, 0.25) is 35.4 Å². The van der Waals surface area contributed by atoms with Crippen LogP contribution in [0.15, 0.2) is 4.99 Å². The number of aldehydes is 1. The van der Waals surface area contributed by atoms with E-state index in [4.69, 9.17) is 11.5 Å². The van der Waals surface area contributed by atoms with Crippen LogP contribution in [-0.2, 0) is 33.6 Å². The van der Waals surface area contributed by atoms with E-state index in [0.29, 0.717) is 84.0 Å². The van der Waals surface area contributed by atoms with Crippen LogP contribution in [0.4, 0.5) is 0 Å². The maximum Gasteiger partial charge on any atom is 0.246 e. The zero-order chi connectivity index (χ0) is 38.9. The van der Waals surface area contributed by atoms with Crippen LogP contribution in [0.5, 0.6) is 0 Å². The van der Waals surface area contributed by atoms with Gasteiger partial charge in [-0.25, -0.2) is 0 Å². The maximum atomic E-state index is 14.3. The van der Waals surface area contributed by atoms with Crippen molar-refractivity contribution in [3.63, 3.8) is 0 Å². The number of nitrogens with zero attached hydrogens (tertiary/aromatic N) is 5. The predicted molar refractivity (Wildman–Crippen MR) is 199 cm³/mol. The second kappa shape index (κ2) is 18.8. The summed E-state index contributed by atoms with van der Waals surface area (Å²) in [5.41, 5.74) is 10.7. The third-order valence-electron chi connectivity index (χ3n) is 11.4. The lowest BCUT2D eigenvalue weighted by molar-refractivity contribution is -0.148. The van der Waals surface area contributed by atoms with Crippen molar-refractivity contribution in [1.82, 2.24) is 35.6 Å². The minimum Gasteiger partial charge on any atom is -0.370 e. The zero-order valence-electron chi connectivity index (χ0n) is 31.9. The van der Waals surface area contributed by atoms with E-state index in [-0.39, 0.29) is 54.0 Å². The number of carbonyl (C=O) groups excluding carboxylic acids is 7. The Balaban J connectivity index is 1.21. The highest BCUT2D eigenvalue weighted by Gasteiger charge is 2.45. The molecule has 6 atom stereocenters. The highest BCUT2D eigenvalue weighted by Crippen LogP contribution is 2.31. The Morgan fingerprint density at radius 1 is 0.815 bits per heavy atom. The highest BCUT2D eigenvalue weighted by atomic mass is 16.2. The molecule has 300 valence electrons. The molecule has 0 spiro atoms. The number of amides is 6. The average molecular weight is 757 g/mol. The fourth-order valence-corrected chi connectivity index (χ4v) is 8.25. The molecule has 6 amide bonds. The molecular formula is C37H60N10O7. The van der Waals surface area contributed by atoms with Crippen LogP contribution in [0.1, 0.15) is 90.9 Å². The van der Waals surface area contributed by atoms with E-state index in [1.165, 1.54) is 9.80 Å². The van der Waals surface area contributed by atoms with Crippen molar-refractivity contribution in [3.05, 3.63) is 0 Å². The molecule has 54 heavy (non-hydrogen) atoms. The molecule has 5 aliphatic rings. The summed E-state index contributed by atoms with van der Waals surface area (Å²) >= 11 is 0. The van der Waals surface area contributed by atoms with Crippen molar-refractivity contribution in [2.45, 2.75) is 127 Å². The number of carbonyl (C=O) groups is 7. The van der Waals surface area contributed by atoms with E-state index in [9.17, 15) is 33.6 Å². The lowest BCUT2D eigenvalue weighted by atomic mass is 10.0. The summed E-state index contributed by atoms with van der Waals surface area (Å²) < 4.78 is 0. The maximum absolute atomic E-state index is 14.3. The molecule has 5 rings (SSSR count). The third-order valence-corrected chi connectivity index (χ3v) is 11.4. The summed E-state index contributed by atoms with van der Waals surface area (Å²) in [4.78, 5) is 104. The first kappa shape index (κ1) is 40.9. The zero-order valence-corrected chi connectivity index (χ0v) is 31.9. The van der Waals surface area contributed by atoms with Gasteiger partial charge in [-0.1, -0.05) is 13.8 Å². The van der Waals surface area contributed by atoms with Crippen molar-refractivity contribution < 1.29 is 33.6 Å². The molecule has 4 aliphatic heterocycles. The molecule has 0 aromatic rings. The number of nitrogens with two attached hydrogens (primary N) is 2. The number of rotatable bonds is 17. The van der Waals surface area contributed by atoms with Gasteiger partial charge < -0.3 is 51.8 Å². The lowest BCUT2D eigenvalue weighted by Crippen LogP contribution is -2.59. The van der Waals surface area contributed by atoms with Gasteiger partial charge in [-0.05, 0) is 95.4 Å². The molecule has 0 bridgehead atoms. The molecule has 0 radical (unpaired) electrons. The average Bonchev–Trinajstić information content (AvgIpc) is 3.71. The summed E-state index contributed by atoms with van der Waals surface area (Å²) in [6, 6.07) is -4.12. The van der Waals surface area contributed by atoms with Crippen LogP contribution in [0.3, 0.4) is 0 Å². The molecule has 17 heteroatoms. The highest BCUT2D eigenvalue weighted by molar-refractivity contribution is 5.97. The first-order chi connectivity index (χ1) is 25.9. The van der Waals surface area contributed by atoms with E-state index in [0.717, 1.165) is 38.6 Å². The molecule has 5 fully saturated rings. The van der Waals surface area contributed by atoms with E-state index in [1.54, 1.807) is 9.80 Å². The summed E-state index contributed by atoms with van der Waals surface area (Å²) in [5.74, 6) is -2.00. The minimum absolute atomic E-state index is 0.0523. The number of guanidine groups is 1. The molecule has 17 nitrogen and oxygen atoms in total. The topological polar surface area (TPSA) is 233 Å². The SMILES string of the molecule is CC(C)[C@H](NC(=O)[C@@H]1CCCN1C(=O)[C@@H]1CCCN1C(=O)[C@@H]1CCCN1)C(=O)N(CC(=O)N1CCC[C@H]1C(=O)N[C@H](C=O)CCCN=C(N)N)CC1CC1.